The number of carbonyl (C=O) groups excluding carboxylic acids is 2. The fraction of sp³-hybridized carbons (Fsp3) is 0.278. The fourth-order valence-corrected chi connectivity index (χ4v) is 2.83. The number of aromatic nitrogens is 1. The molecule has 124 valence electrons. The van der Waals surface area contributed by atoms with Crippen LogP contribution in [0.25, 0.3) is 11.3 Å². The molecule has 2 aromatic rings. The van der Waals surface area contributed by atoms with E-state index >= 15 is 0 Å². The van der Waals surface area contributed by atoms with Crippen molar-refractivity contribution in [3.05, 3.63) is 47.1 Å². The first kappa shape index (κ1) is 16.5. The minimum absolute atomic E-state index is 0.0134. The van der Waals surface area contributed by atoms with Gasteiger partial charge in [-0.2, -0.15) is 0 Å². The SMILES string of the molecule is CC(=O)N(CC1CC1)c1ccc(-c2ccc(C(N)=O)cn2)cc1Cl. The van der Waals surface area contributed by atoms with Crippen molar-refractivity contribution in [3.63, 3.8) is 0 Å². The molecule has 3 rings (SSSR count). The van der Waals surface area contributed by atoms with Gasteiger partial charge in [-0.15, -0.1) is 0 Å². The quantitative estimate of drug-likeness (QED) is 0.905. The van der Waals surface area contributed by atoms with Crippen LogP contribution in [0.15, 0.2) is 36.5 Å². The summed E-state index contributed by atoms with van der Waals surface area (Å²) in [5.41, 5.74) is 7.79. The number of rotatable bonds is 5. The first-order valence-corrected chi connectivity index (χ1v) is 8.17. The molecule has 0 saturated heterocycles. The van der Waals surface area contributed by atoms with E-state index in [1.165, 1.54) is 6.20 Å². The Balaban J connectivity index is 1.88. The van der Waals surface area contributed by atoms with E-state index in [1.54, 1.807) is 30.0 Å². The fourth-order valence-electron chi connectivity index (χ4n) is 2.55. The van der Waals surface area contributed by atoms with E-state index in [0.29, 0.717) is 34.4 Å². The van der Waals surface area contributed by atoms with Crippen LogP contribution in [-0.4, -0.2) is 23.3 Å². The summed E-state index contributed by atoms with van der Waals surface area (Å²) in [6.45, 7) is 2.26. The maximum atomic E-state index is 11.9. The van der Waals surface area contributed by atoms with Crippen LogP contribution in [0.4, 0.5) is 5.69 Å². The normalized spacial score (nSPS) is 13.6. The molecule has 24 heavy (non-hydrogen) atoms. The molecule has 0 unspecified atom stereocenters. The van der Waals surface area contributed by atoms with Crippen LogP contribution in [0.5, 0.6) is 0 Å². The number of benzene rings is 1. The van der Waals surface area contributed by atoms with E-state index in [9.17, 15) is 9.59 Å². The molecule has 0 bridgehead atoms. The molecule has 5 nitrogen and oxygen atoms in total. The van der Waals surface area contributed by atoms with Crippen LogP contribution in [0.2, 0.25) is 5.02 Å². The lowest BCUT2D eigenvalue weighted by Crippen LogP contribution is -2.30. The summed E-state index contributed by atoms with van der Waals surface area (Å²) in [7, 11) is 0. The molecule has 1 heterocycles. The largest absolute Gasteiger partial charge is 0.366 e. The highest BCUT2D eigenvalue weighted by Gasteiger charge is 2.27. The lowest BCUT2D eigenvalue weighted by Gasteiger charge is -2.22. The molecule has 1 fully saturated rings. The number of nitrogens with zero attached hydrogens (tertiary/aromatic N) is 2. The molecule has 0 spiro atoms. The van der Waals surface area contributed by atoms with Crippen molar-refractivity contribution in [2.75, 3.05) is 11.4 Å². The third-order valence-electron chi connectivity index (χ3n) is 4.10. The molecule has 6 heteroatoms. The van der Waals surface area contributed by atoms with Crippen LogP contribution in [-0.2, 0) is 4.79 Å². The van der Waals surface area contributed by atoms with E-state index in [2.05, 4.69) is 4.98 Å². The van der Waals surface area contributed by atoms with Crippen molar-refractivity contribution in [1.82, 2.24) is 4.98 Å². The average molecular weight is 344 g/mol. The summed E-state index contributed by atoms with van der Waals surface area (Å²) in [6, 6.07) is 8.84. The number of hydrogen-bond acceptors (Lipinski definition) is 3. The molecule has 2 N–H and O–H groups in total. The van der Waals surface area contributed by atoms with Crippen molar-refractivity contribution in [2.24, 2.45) is 11.7 Å². The molecule has 1 aromatic heterocycles. The number of pyridine rings is 1. The predicted molar refractivity (Wildman–Crippen MR) is 94.0 cm³/mol. The number of carbonyl (C=O) groups is 2. The summed E-state index contributed by atoms with van der Waals surface area (Å²) in [5.74, 6) is 0.0488. The number of primary amides is 1. The van der Waals surface area contributed by atoms with E-state index in [1.807, 2.05) is 12.1 Å². The van der Waals surface area contributed by atoms with Gasteiger partial charge in [0.1, 0.15) is 0 Å². The van der Waals surface area contributed by atoms with E-state index in [-0.39, 0.29) is 5.91 Å². The molecular formula is C18H18ClN3O2. The molecule has 1 aliphatic carbocycles. The lowest BCUT2D eigenvalue weighted by molar-refractivity contribution is -0.116. The van der Waals surface area contributed by atoms with Gasteiger partial charge in [-0.1, -0.05) is 17.7 Å². The second-order valence-corrected chi connectivity index (χ2v) is 6.44. The van der Waals surface area contributed by atoms with Crippen molar-refractivity contribution in [3.8, 4) is 11.3 Å². The summed E-state index contributed by atoms with van der Waals surface area (Å²) in [5, 5.41) is 0.504. The second-order valence-electron chi connectivity index (χ2n) is 6.04. The zero-order valence-electron chi connectivity index (χ0n) is 13.3. The van der Waals surface area contributed by atoms with E-state index < -0.39 is 5.91 Å². The van der Waals surface area contributed by atoms with Gasteiger partial charge in [0.2, 0.25) is 11.8 Å². The minimum atomic E-state index is -0.514. The van der Waals surface area contributed by atoms with Gasteiger partial charge in [0.25, 0.3) is 0 Å². The van der Waals surface area contributed by atoms with Gasteiger partial charge in [0.05, 0.1) is 22.0 Å². The second kappa shape index (κ2) is 6.61. The molecule has 1 aromatic carbocycles. The molecular weight excluding hydrogens is 326 g/mol. The Kier molecular flexibility index (Phi) is 4.53. The Morgan fingerprint density at radius 1 is 1.29 bits per heavy atom. The third-order valence-corrected chi connectivity index (χ3v) is 4.40. The monoisotopic (exact) mass is 343 g/mol. The number of anilines is 1. The molecule has 1 aliphatic rings. The molecule has 1 saturated carbocycles. The Bertz CT molecular complexity index is 785. The lowest BCUT2D eigenvalue weighted by atomic mass is 10.1. The first-order valence-electron chi connectivity index (χ1n) is 7.79. The van der Waals surface area contributed by atoms with E-state index in [4.69, 9.17) is 17.3 Å². The van der Waals surface area contributed by atoms with Crippen LogP contribution in [0.3, 0.4) is 0 Å². The van der Waals surface area contributed by atoms with Crippen LogP contribution in [0.1, 0.15) is 30.1 Å². The molecule has 0 radical (unpaired) electrons. The number of nitrogens with two attached hydrogens (primary N) is 1. The van der Waals surface area contributed by atoms with Crippen molar-refractivity contribution < 1.29 is 9.59 Å². The highest BCUT2D eigenvalue weighted by Crippen LogP contribution is 2.35. The molecule has 2 amide bonds. The molecule has 0 aliphatic heterocycles. The van der Waals surface area contributed by atoms with Gasteiger partial charge in [-0.25, -0.2) is 0 Å². The third kappa shape index (κ3) is 3.57. The van der Waals surface area contributed by atoms with Gasteiger partial charge >= 0.3 is 0 Å². The van der Waals surface area contributed by atoms with Gasteiger partial charge in [0, 0.05) is 25.2 Å². The topological polar surface area (TPSA) is 76.3 Å². The minimum Gasteiger partial charge on any atom is -0.366 e. The Hall–Kier alpha value is -2.40. The zero-order chi connectivity index (χ0) is 17.3. The van der Waals surface area contributed by atoms with Crippen molar-refractivity contribution in [2.45, 2.75) is 19.8 Å². The predicted octanol–water partition coefficient (Wildman–Crippen LogP) is 3.26. The zero-order valence-corrected chi connectivity index (χ0v) is 14.1. The number of halogens is 1. The van der Waals surface area contributed by atoms with Crippen LogP contribution < -0.4 is 10.6 Å². The summed E-state index contributed by atoms with van der Waals surface area (Å²) in [6.07, 6.45) is 3.76. The van der Waals surface area contributed by atoms with Crippen LogP contribution >= 0.6 is 11.6 Å². The first-order chi connectivity index (χ1) is 11.5. The van der Waals surface area contributed by atoms with Gasteiger partial charge in [-0.3, -0.25) is 14.6 Å². The van der Waals surface area contributed by atoms with E-state index in [0.717, 1.165) is 18.4 Å². The Morgan fingerprint density at radius 3 is 2.54 bits per heavy atom. The summed E-state index contributed by atoms with van der Waals surface area (Å²) >= 11 is 6.41. The summed E-state index contributed by atoms with van der Waals surface area (Å²) in [4.78, 5) is 29.0. The maximum Gasteiger partial charge on any atom is 0.250 e. The highest BCUT2D eigenvalue weighted by atomic mass is 35.5. The number of amides is 2. The maximum absolute atomic E-state index is 11.9. The Labute approximate surface area is 145 Å². The smallest absolute Gasteiger partial charge is 0.250 e. The van der Waals surface area contributed by atoms with Gasteiger partial charge in [-0.05, 0) is 43.0 Å². The summed E-state index contributed by atoms with van der Waals surface area (Å²) < 4.78 is 0. The van der Waals surface area contributed by atoms with Gasteiger partial charge < -0.3 is 10.6 Å². The van der Waals surface area contributed by atoms with Crippen LogP contribution in [0, 0.1) is 5.92 Å². The van der Waals surface area contributed by atoms with Crippen molar-refractivity contribution in [1.29, 1.82) is 0 Å². The average Bonchev–Trinajstić information content (AvgIpc) is 3.37. The van der Waals surface area contributed by atoms with Gasteiger partial charge in [0.15, 0.2) is 0 Å². The Morgan fingerprint density at radius 2 is 2.04 bits per heavy atom. The standard InChI is InChI=1S/C18H18ClN3O2/c1-11(23)22(10-12-2-3-12)17-7-5-13(8-15(17)19)16-6-4-14(9-21-16)18(20)24/h4-9,12H,2-3,10H2,1H3,(H2,20,24). The molecule has 0 atom stereocenters. The number of hydrogen-bond donors (Lipinski definition) is 1. The van der Waals surface area contributed by atoms with Crippen molar-refractivity contribution >= 4 is 29.1 Å². The highest BCUT2D eigenvalue weighted by molar-refractivity contribution is 6.34.